The summed E-state index contributed by atoms with van der Waals surface area (Å²) < 4.78 is 16.3. The Morgan fingerprint density at radius 1 is 1.14 bits per heavy atom. The first-order chi connectivity index (χ1) is 10.3. The van der Waals surface area contributed by atoms with Gasteiger partial charge in [-0.1, -0.05) is 6.07 Å². The van der Waals surface area contributed by atoms with Crippen molar-refractivity contribution in [1.82, 2.24) is 5.43 Å². The molecule has 1 aromatic heterocycles. The highest BCUT2D eigenvalue weighted by Crippen LogP contribution is 2.31. The number of hydrogen-bond donors (Lipinski definition) is 2. The fourth-order valence-corrected chi connectivity index (χ4v) is 2.20. The Morgan fingerprint density at radius 3 is 2.52 bits per heavy atom. The molecule has 0 spiro atoms. The monoisotopic (exact) mass is 290 g/mol. The molecule has 3 N–H and O–H groups in total. The minimum Gasteiger partial charge on any atom is -0.490 e. The third kappa shape index (κ3) is 4.00. The summed E-state index contributed by atoms with van der Waals surface area (Å²) in [6, 6.07) is 7.81. The highest BCUT2D eigenvalue weighted by atomic mass is 16.5. The number of benzene rings is 1. The number of nitrogens with one attached hydrogen (secondary N) is 1. The lowest BCUT2D eigenvalue weighted by Crippen LogP contribution is -2.29. The first kappa shape index (κ1) is 15.4. The number of furan rings is 1. The molecule has 0 bridgehead atoms. The molecule has 0 amide bonds. The van der Waals surface area contributed by atoms with Gasteiger partial charge in [-0.15, -0.1) is 0 Å². The lowest BCUT2D eigenvalue weighted by Gasteiger charge is -2.18. The van der Waals surface area contributed by atoms with Crippen molar-refractivity contribution in [2.24, 2.45) is 5.84 Å². The van der Waals surface area contributed by atoms with Crippen LogP contribution in [0, 0.1) is 0 Å². The maximum absolute atomic E-state index is 5.69. The van der Waals surface area contributed by atoms with Gasteiger partial charge in [-0.25, -0.2) is 0 Å². The van der Waals surface area contributed by atoms with Crippen LogP contribution in [0.2, 0.25) is 0 Å². The van der Waals surface area contributed by atoms with E-state index in [0.717, 1.165) is 29.0 Å². The van der Waals surface area contributed by atoms with Crippen LogP contribution in [0.25, 0.3) is 0 Å². The Labute approximate surface area is 125 Å². The summed E-state index contributed by atoms with van der Waals surface area (Å²) in [4.78, 5) is 0. The molecule has 0 saturated heterocycles. The zero-order valence-corrected chi connectivity index (χ0v) is 12.5. The summed E-state index contributed by atoms with van der Waals surface area (Å²) in [5, 5.41) is 0. The molecule has 0 aliphatic rings. The van der Waals surface area contributed by atoms with Gasteiger partial charge in [-0.05, 0) is 49.6 Å². The molecule has 2 aromatic rings. The molecular weight excluding hydrogens is 268 g/mol. The smallest absolute Gasteiger partial charge is 0.161 e. The van der Waals surface area contributed by atoms with Crippen molar-refractivity contribution in [3.63, 3.8) is 0 Å². The van der Waals surface area contributed by atoms with Crippen LogP contribution in [0.15, 0.2) is 41.2 Å². The van der Waals surface area contributed by atoms with Crippen LogP contribution in [-0.2, 0) is 6.42 Å². The van der Waals surface area contributed by atoms with Crippen molar-refractivity contribution in [2.45, 2.75) is 26.3 Å². The fourth-order valence-electron chi connectivity index (χ4n) is 2.20. The van der Waals surface area contributed by atoms with Crippen molar-refractivity contribution in [1.29, 1.82) is 0 Å². The van der Waals surface area contributed by atoms with Gasteiger partial charge in [0.15, 0.2) is 11.5 Å². The highest BCUT2D eigenvalue weighted by molar-refractivity contribution is 5.44. The average Bonchev–Trinajstić information content (AvgIpc) is 3.00. The van der Waals surface area contributed by atoms with Crippen molar-refractivity contribution in [3.8, 4) is 11.5 Å². The Morgan fingerprint density at radius 2 is 1.90 bits per heavy atom. The number of rotatable bonds is 8. The molecule has 1 unspecified atom stereocenters. The molecule has 5 heteroatoms. The van der Waals surface area contributed by atoms with E-state index in [-0.39, 0.29) is 6.04 Å². The first-order valence-corrected chi connectivity index (χ1v) is 7.15. The van der Waals surface area contributed by atoms with Gasteiger partial charge in [-0.2, -0.15) is 0 Å². The SMILES string of the molecule is CCOc1ccc(C(Cc2ccoc2)NN)cc1OCC. The molecular formula is C16H22N2O3. The van der Waals surface area contributed by atoms with Crippen molar-refractivity contribution < 1.29 is 13.9 Å². The van der Waals surface area contributed by atoms with Gasteiger partial charge in [0.2, 0.25) is 0 Å². The predicted octanol–water partition coefficient (Wildman–Crippen LogP) is 2.82. The summed E-state index contributed by atoms with van der Waals surface area (Å²) in [6.45, 7) is 5.10. The van der Waals surface area contributed by atoms with E-state index < -0.39 is 0 Å². The van der Waals surface area contributed by atoms with Crippen LogP contribution >= 0.6 is 0 Å². The Kier molecular flexibility index (Phi) is 5.66. The molecule has 1 atom stereocenters. The highest BCUT2D eigenvalue weighted by Gasteiger charge is 2.14. The molecule has 0 saturated carbocycles. The quantitative estimate of drug-likeness (QED) is 0.578. The number of hydrazine groups is 1. The van der Waals surface area contributed by atoms with Crippen molar-refractivity contribution >= 4 is 0 Å². The van der Waals surface area contributed by atoms with Crippen LogP contribution in [0.5, 0.6) is 11.5 Å². The van der Waals surface area contributed by atoms with Gasteiger partial charge >= 0.3 is 0 Å². The van der Waals surface area contributed by atoms with Crippen molar-refractivity contribution in [3.05, 3.63) is 47.9 Å². The minimum absolute atomic E-state index is 0.0162. The zero-order chi connectivity index (χ0) is 15.1. The van der Waals surface area contributed by atoms with Crippen LogP contribution in [0.1, 0.15) is 31.0 Å². The summed E-state index contributed by atoms with van der Waals surface area (Å²) in [5.41, 5.74) is 4.97. The molecule has 0 aliphatic carbocycles. The van der Waals surface area contributed by atoms with E-state index in [1.807, 2.05) is 38.1 Å². The van der Waals surface area contributed by atoms with Crippen LogP contribution in [0.3, 0.4) is 0 Å². The van der Waals surface area contributed by atoms with Gasteiger partial charge in [-0.3, -0.25) is 11.3 Å². The topological polar surface area (TPSA) is 69.7 Å². The van der Waals surface area contributed by atoms with Gasteiger partial charge in [0, 0.05) is 0 Å². The van der Waals surface area contributed by atoms with Gasteiger partial charge in [0.05, 0.1) is 31.8 Å². The molecule has 5 nitrogen and oxygen atoms in total. The maximum atomic E-state index is 5.69. The largest absolute Gasteiger partial charge is 0.490 e. The lowest BCUT2D eigenvalue weighted by molar-refractivity contribution is 0.287. The Bertz CT molecular complexity index is 540. The third-order valence-electron chi connectivity index (χ3n) is 3.19. The molecule has 2 rings (SSSR count). The summed E-state index contributed by atoms with van der Waals surface area (Å²) in [6.07, 6.45) is 4.13. The van der Waals surface area contributed by atoms with Crippen LogP contribution < -0.4 is 20.7 Å². The Hall–Kier alpha value is -1.98. The molecule has 114 valence electrons. The number of nitrogens with two attached hydrogens (primary N) is 1. The maximum Gasteiger partial charge on any atom is 0.161 e. The molecule has 1 heterocycles. The molecule has 1 aromatic carbocycles. The van der Waals surface area contributed by atoms with Crippen LogP contribution in [-0.4, -0.2) is 13.2 Å². The first-order valence-electron chi connectivity index (χ1n) is 7.15. The standard InChI is InChI=1S/C16H22N2O3/c1-3-20-15-6-5-13(10-16(15)21-4-2)14(18-17)9-12-7-8-19-11-12/h5-8,10-11,14,18H,3-4,9,17H2,1-2H3. The summed E-state index contributed by atoms with van der Waals surface area (Å²) in [5.74, 6) is 7.18. The minimum atomic E-state index is -0.0162. The normalized spacial score (nSPS) is 12.1. The van der Waals surface area contributed by atoms with E-state index in [1.54, 1.807) is 12.5 Å². The Balaban J connectivity index is 2.22. The third-order valence-corrected chi connectivity index (χ3v) is 3.19. The summed E-state index contributed by atoms with van der Waals surface area (Å²) >= 11 is 0. The van der Waals surface area contributed by atoms with Crippen LogP contribution in [0.4, 0.5) is 0 Å². The second kappa shape index (κ2) is 7.71. The van der Waals surface area contributed by atoms with E-state index in [0.29, 0.717) is 13.2 Å². The van der Waals surface area contributed by atoms with Crippen molar-refractivity contribution in [2.75, 3.05) is 13.2 Å². The predicted molar refractivity (Wildman–Crippen MR) is 81.3 cm³/mol. The molecule has 0 fully saturated rings. The second-order valence-electron chi connectivity index (χ2n) is 4.63. The average molecular weight is 290 g/mol. The summed E-state index contributed by atoms with van der Waals surface area (Å²) in [7, 11) is 0. The van der Waals surface area contributed by atoms with E-state index in [2.05, 4.69) is 5.43 Å². The van der Waals surface area contributed by atoms with Gasteiger partial charge in [0.25, 0.3) is 0 Å². The molecule has 21 heavy (non-hydrogen) atoms. The lowest BCUT2D eigenvalue weighted by atomic mass is 10.0. The fraction of sp³-hybridized carbons (Fsp3) is 0.375. The molecule has 0 radical (unpaired) electrons. The van der Waals surface area contributed by atoms with Gasteiger partial charge in [0.1, 0.15) is 0 Å². The number of ether oxygens (including phenoxy) is 2. The van der Waals surface area contributed by atoms with E-state index in [1.165, 1.54) is 0 Å². The number of hydrogen-bond acceptors (Lipinski definition) is 5. The van der Waals surface area contributed by atoms with E-state index >= 15 is 0 Å². The van der Waals surface area contributed by atoms with E-state index in [4.69, 9.17) is 19.7 Å². The molecule has 0 aliphatic heterocycles. The second-order valence-corrected chi connectivity index (χ2v) is 4.63. The van der Waals surface area contributed by atoms with E-state index in [9.17, 15) is 0 Å². The zero-order valence-electron chi connectivity index (χ0n) is 12.5. The van der Waals surface area contributed by atoms with Gasteiger partial charge < -0.3 is 13.9 Å².